The van der Waals surface area contributed by atoms with Crippen molar-refractivity contribution in [3.05, 3.63) is 11.1 Å². The molecule has 0 amide bonds. The molecule has 0 heterocycles. The van der Waals surface area contributed by atoms with Crippen molar-refractivity contribution in [3.8, 4) is 0 Å². The molecule has 0 aromatic heterocycles. The molecule has 0 bridgehead atoms. The van der Waals surface area contributed by atoms with Crippen molar-refractivity contribution in [3.63, 3.8) is 0 Å². The van der Waals surface area contributed by atoms with Gasteiger partial charge >= 0.3 is 11.9 Å². The summed E-state index contributed by atoms with van der Waals surface area (Å²) < 4.78 is 0. The predicted octanol–water partition coefficient (Wildman–Crippen LogP) is 1.81. The third-order valence-corrected chi connectivity index (χ3v) is 2.47. The van der Waals surface area contributed by atoms with Crippen molar-refractivity contribution < 1.29 is 19.8 Å². The van der Waals surface area contributed by atoms with E-state index in [1.165, 1.54) is 0 Å². The molecule has 0 aromatic carbocycles. The molecule has 4 heteroatoms. The Hall–Kier alpha value is -1.32. The molecule has 1 aliphatic carbocycles. The van der Waals surface area contributed by atoms with E-state index in [0.717, 1.165) is 37.7 Å². The van der Waals surface area contributed by atoms with Crippen molar-refractivity contribution in [2.24, 2.45) is 0 Å². The van der Waals surface area contributed by atoms with Crippen LogP contribution < -0.4 is 0 Å². The Bertz CT molecular complexity index is 270. The second kappa shape index (κ2) is 4.79. The van der Waals surface area contributed by atoms with E-state index >= 15 is 0 Å². The molecule has 0 aromatic rings. The Kier molecular flexibility index (Phi) is 3.68. The molecular formula is C10H14O4. The number of carbonyl (C=O) groups is 2. The molecule has 0 radical (unpaired) electrons. The average Bonchev–Trinajstić information content (AvgIpc) is 2.15. The van der Waals surface area contributed by atoms with E-state index in [2.05, 4.69) is 0 Å². The number of carboxylic acids is 2. The van der Waals surface area contributed by atoms with Gasteiger partial charge in [0.15, 0.2) is 0 Å². The topological polar surface area (TPSA) is 74.6 Å². The van der Waals surface area contributed by atoms with Crippen LogP contribution in [0, 0.1) is 0 Å². The minimum atomic E-state index is -1.08. The molecule has 1 aliphatic rings. The number of aliphatic carboxylic acids is 2. The Balaban J connectivity index is 2.82. The van der Waals surface area contributed by atoms with Crippen molar-refractivity contribution in [1.82, 2.24) is 0 Å². The number of allylic oxidation sites excluding steroid dienone is 1. The van der Waals surface area contributed by atoms with E-state index in [1.54, 1.807) is 0 Å². The van der Waals surface area contributed by atoms with Gasteiger partial charge in [0.2, 0.25) is 0 Å². The molecule has 4 nitrogen and oxygen atoms in total. The molecule has 14 heavy (non-hydrogen) atoms. The molecule has 1 rings (SSSR count). The zero-order chi connectivity index (χ0) is 10.6. The van der Waals surface area contributed by atoms with Crippen LogP contribution in [0.15, 0.2) is 11.1 Å². The summed E-state index contributed by atoms with van der Waals surface area (Å²) in [4.78, 5) is 21.3. The van der Waals surface area contributed by atoms with Gasteiger partial charge in [0.05, 0.1) is 6.42 Å². The van der Waals surface area contributed by atoms with Gasteiger partial charge in [-0.1, -0.05) is 12.0 Å². The zero-order valence-corrected chi connectivity index (χ0v) is 7.95. The van der Waals surface area contributed by atoms with Gasteiger partial charge in [-0.3, -0.25) is 4.79 Å². The molecule has 0 aliphatic heterocycles. The third kappa shape index (κ3) is 2.87. The lowest BCUT2D eigenvalue weighted by Crippen LogP contribution is -2.11. The number of hydrogen-bond acceptors (Lipinski definition) is 2. The molecule has 0 atom stereocenters. The van der Waals surface area contributed by atoms with Crippen LogP contribution in [0.3, 0.4) is 0 Å². The van der Waals surface area contributed by atoms with Gasteiger partial charge < -0.3 is 10.2 Å². The van der Waals surface area contributed by atoms with Gasteiger partial charge in [0.1, 0.15) is 0 Å². The highest BCUT2D eigenvalue weighted by molar-refractivity contribution is 5.92. The van der Waals surface area contributed by atoms with E-state index in [1.807, 2.05) is 0 Å². The molecule has 2 N–H and O–H groups in total. The van der Waals surface area contributed by atoms with Gasteiger partial charge in [0.25, 0.3) is 0 Å². The fraction of sp³-hybridized carbons (Fsp3) is 0.600. The monoisotopic (exact) mass is 198 g/mol. The fourth-order valence-electron chi connectivity index (χ4n) is 1.78. The number of hydrogen-bond donors (Lipinski definition) is 2. The lowest BCUT2D eigenvalue weighted by atomic mass is 9.90. The predicted molar refractivity (Wildman–Crippen MR) is 50.0 cm³/mol. The fourth-order valence-corrected chi connectivity index (χ4v) is 1.78. The van der Waals surface area contributed by atoms with E-state index < -0.39 is 11.9 Å². The lowest BCUT2D eigenvalue weighted by molar-refractivity contribution is -0.139. The Morgan fingerprint density at radius 2 is 1.64 bits per heavy atom. The van der Waals surface area contributed by atoms with Crippen LogP contribution in [0.4, 0.5) is 0 Å². The van der Waals surface area contributed by atoms with Crippen LogP contribution >= 0.6 is 0 Å². The second-order valence-electron chi connectivity index (χ2n) is 3.52. The van der Waals surface area contributed by atoms with Crippen molar-refractivity contribution in [2.45, 2.75) is 38.5 Å². The average molecular weight is 198 g/mol. The number of rotatable bonds is 3. The summed E-state index contributed by atoms with van der Waals surface area (Å²) in [6.07, 6.45) is 4.20. The summed E-state index contributed by atoms with van der Waals surface area (Å²) in [5.74, 6) is -2.15. The standard InChI is InChI=1S/C10H14O4/c11-9(12)6-8(10(13)14)7-4-2-1-3-5-7/h1-6H2,(H,11,12)(H,13,14). The highest BCUT2D eigenvalue weighted by atomic mass is 16.4. The van der Waals surface area contributed by atoms with Gasteiger partial charge in [0, 0.05) is 5.57 Å². The first kappa shape index (κ1) is 10.8. The van der Waals surface area contributed by atoms with E-state index in [0.29, 0.717) is 0 Å². The summed E-state index contributed by atoms with van der Waals surface area (Å²) in [7, 11) is 0. The highest BCUT2D eigenvalue weighted by Crippen LogP contribution is 2.27. The van der Waals surface area contributed by atoms with Crippen LogP contribution in [-0.2, 0) is 9.59 Å². The maximum absolute atomic E-state index is 10.8. The summed E-state index contributed by atoms with van der Waals surface area (Å²) >= 11 is 0. The summed E-state index contributed by atoms with van der Waals surface area (Å²) in [5, 5.41) is 17.4. The van der Waals surface area contributed by atoms with Gasteiger partial charge in [-0.05, 0) is 25.7 Å². The quantitative estimate of drug-likeness (QED) is 0.678. The lowest BCUT2D eigenvalue weighted by Gasteiger charge is -2.16. The van der Waals surface area contributed by atoms with E-state index in [-0.39, 0.29) is 12.0 Å². The Morgan fingerprint density at radius 1 is 1.07 bits per heavy atom. The van der Waals surface area contributed by atoms with Gasteiger partial charge in [-0.15, -0.1) is 0 Å². The molecule has 0 saturated heterocycles. The molecule has 0 unspecified atom stereocenters. The van der Waals surface area contributed by atoms with Crippen LogP contribution in [0.2, 0.25) is 0 Å². The Labute approximate surface area is 82.2 Å². The first-order valence-corrected chi connectivity index (χ1v) is 4.77. The third-order valence-electron chi connectivity index (χ3n) is 2.47. The summed E-state index contributed by atoms with van der Waals surface area (Å²) in [6.45, 7) is 0. The zero-order valence-electron chi connectivity index (χ0n) is 7.95. The van der Waals surface area contributed by atoms with E-state index in [4.69, 9.17) is 10.2 Å². The van der Waals surface area contributed by atoms with Crippen LogP contribution in [0.5, 0.6) is 0 Å². The van der Waals surface area contributed by atoms with Crippen LogP contribution in [0.1, 0.15) is 38.5 Å². The number of carboxylic acid groups (broad SMARTS) is 2. The minimum Gasteiger partial charge on any atom is -0.481 e. The maximum atomic E-state index is 10.8. The van der Waals surface area contributed by atoms with Crippen molar-refractivity contribution >= 4 is 11.9 Å². The first-order valence-electron chi connectivity index (χ1n) is 4.77. The maximum Gasteiger partial charge on any atom is 0.332 e. The smallest absolute Gasteiger partial charge is 0.332 e. The molecule has 1 saturated carbocycles. The minimum absolute atomic E-state index is 0.0946. The van der Waals surface area contributed by atoms with Gasteiger partial charge in [-0.25, -0.2) is 4.79 Å². The molecular weight excluding hydrogens is 184 g/mol. The van der Waals surface area contributed by atoms with Crippen molar-refractivity contribution in [1.29, 1.82) is 0 Å². The van der Waals surface area contributed by atoms with Crippen molar-refractivity contribution in [2.75, 3.05) is 0 Å². The first-order chi connectivity index (χ1) is 6.61. The highest BCUT2D eigenvalue weighted by Gasteiger charge is 2.18. The normalized spacial score (nSPS) is 16.4. The van der Waals surface area contributed by atoms with E-state index in [9.17, 15) is 9.59 Å². The summed E-state index contributed by atoms with van der Waals surface area (Å²) in [6, 6.07) is 0. The molecule has 78 valence electrons. The largest absolute Gasteiger partial charge is 0.481 e. The summed E-state index contributed by atoms with van der Waals surface area (Å²) in [5.41, 5.74) is 0.920. The van der Waals surface area contributed by atoms with Gasteiger partial charge in [-0.2, -0.15) is 0 Å². The van der Waals surface area contributed by atoms with Crippen LogP contribution in [-0.4, -0.2) is 22.2 Å². The second-order valence-corrected chi connectivity index (χ2v) is 3.52. The Morgan fingerprint density at radius 3 is 2.07 bits per heavy atom. The van der Waals surface area contributed by atoms with Crippen LogP contribution in [0.25, 0.3) is 0 Å². The molecule has 0 spiro atoms. The SMILES string of the molecule is O=C(O)CC(C(=O)O)=C1CCCCC1. The molecule has 1 fully saturated rings.